The number of fused-ring (bicyclic) bond motifs is 1. The normalized spacial score (nSPS) is 23.1. The molecule has 0 aliphatic carbocycles. The van der Waals surface area contributed by atoms with E-state index in [4.69, 9.17) is 0 Å². The average Bonchev–Trinajstić information content (AvgIpc) is 2.42. The Morgan fingerprint density at radius 3 is 3.40 bits per heavy atom. The molecule has 0 fully saturated rings. The van der Waals surface area contributed by atoms with Crippen LogP contribution in [-0.2, 0) is 13.0 Å². The Morgan fingerprint density at radius 2 is 2.70 bits per heavy atom. The van der Waals surface area contributed by atoms with E-state index < -0.39 is 0 Å². The minimum atomic E-state index is 0.851. The standard InChI is InChI=1S/C8H12N2/c1-2-7-5-8-9-3-4-10(8)6-7/h3-4,7H,2,5-6H2,1H3. The monoisotopic (exact) mass is 136 g/mol. The van der Waals surface area contributed by atoms with E-state index >= 15 is 0 Å². The average molecular weight is 136 g/mol. The Bertz CT molecular complexity index is 206. The first-order valence-electron chi connectivity index (χ1n) is 3.90. The highest BCUT2D eigenvalue weighted by molar-refractivity contribution is 4.99. The number of hydrogen-bond acceptors (Lipinski definition) is 1. The van der Waals surface area contributed by atoms with Crippen molar-refractivity contribution in [2.45, 2.75) is 26.3 Å². The molecule has 0 aromatic carbocycles. The molecule has 1 aromatic rings. The summed E-state index contributed by atoms with van der Waals surface area (Å²) in [5.41, 5.74) is 0. The lowest BCUT2D eigenvalue weighted by Gasteiger charge is -2.01. The third kappa shape index (κ3) is 0.753. The van der Waals surface area contributed by atoms with Crippen LogP contribution in [0.4, 0.5) is 0 Å². The first-order valence-corrected chi connectivity index (χ1v) is 3.90. The van der Waals surface area contributed by atoms with Gasteiger partial charge in [-0.25, -0.2) is 4.98 Å². The van der Waals surface area contributed by atoms with Crippen LogP contribution >= 0.6 is 0 Å². The van der Waals surface area contributed by atoms with Gasteiger partial charge in [-0.15, -0.1) is 0 Å². The molecule has 1 atom stereocenters. The van der Waals surface area contributed by atoms with Crippen LogP contribution in [0.15, 0.2) is 12.4 Å². The topological polar surface area (TPSA) is 17.8 Å². The summed E-state index contributed by atoms with van der Waals surface area (Å²) in [6.07, 6.45) is 6.43. The maximum Gasteiger partial charge on any atom is 0.108 e. The fourth-order valence-electron chi connectivity index (χ4n) is 1.57. The number of hydrogen-bond donors (Lipinski definition) is 0. The molecule has 0 saturated heterocycles. The lowest BCUT2D eigenvalue weighted by molar-refractivity contribution is 0.496. The SMILES string of the molecule is CCC1Cc2nccn2C1. The summed E-state index contributed by atoms with van der Waals surface area (Å²) in [6, 6.07) is 0. The Kier molecular flexibility index (Phi) is 1.26. The third-order valence-electron chi connectivity index (χ3n) is 2.31. The minimum Gasteiger partial charge on any atom is -0.335 e. The molecule has 0 saturated carbocycles. The van der Waals surface area contributed by atoms with Gasteiger partial charge in [-0.3, -0.25) is 0 Å². The summed E-state index contributed by atoms with van der Waals surface area (Å²) in [6.45, 7) is 3.43. The van der Waals surface area contributed by atoms with Gasteiger partial charge in [-0.1, -0.05) is 13.3 Å². The van der Waals surface area contributed by atoms with Crippen LogP contribution in [0.1, 0.15) is 19.2 Å². The number of rotatable bonds is 1. The molecular weight excluding hydrogens is 124 g/mol. The summed E-state index contributed by atoms with van der Waals surface area (Å²) in [7, 11) is 0. The molecule has 2 rings (SSSR count). The van der Waals surface area contributed by atoms with Gasteiger partial charge in [0.05, 0.1) is 0 Å². The van der Waals surface area contributed by atoms with Crippen molar-refractivity contribution >= 4 is 0 Å². The van der Waals surface area contributed by atoms with Gasteiger partial charge in [0.1, 0.15) is 5.82 Å². The predicted molar refractivity (Wildman–Crippen MR) is 39.7 cm³/mol. The zero-order valence-electron chi connectivity index (χ0n) is 6.25. The van der Waals surface area contributed by atoms with Gasteiger partial charge >= 0.3 is 0 Å². The lowest BCUT2D eigenvalue weighted by Crippen LogP contribution is -1.99. The second kappa shape index (κ2) is 2.11. The van der Waals surface area contributed by atoms with E-state index in [-0.39, 0.29) is 0 Å². The van der Waals surface area contributed by atoms with E-state index in [1.807, 2.05) is 6.20 Å². The zero-order valence-corrected chi connectivity index (χ0v) is 6.25. The maximum atomic E-state index is 4.26. The van der Waals surface area contributed by atoms with Crippen LogP contribution in [0.5, 0.6) is 0 Å². The highest BCUT2D eigenvalue weighted by Gasteiger charge is 2.19. The second-order valence-corrected chi connectivity index (χ2v) is 2.97. The Hall–Kier alpha value is -0.790. The van der Waals surface area contributed by atoms with Crippen molar-refractivity contribution in [3.05, 3.63) is 18.2 Å². The molecule has 1 aliphatic heterocycles. The fraction of sp³-hybridized carbons (Fsp3) is 0.625. The highest BCUT2D eigenvalue weighted by Crippen LogP contribution is 2.20. The van der Waals surface area contributed by atoms with Crippen LogP contribution in [0.3, 0.4) is 0 Å². The van der Waals surface area contributed by atoms with E-state index in [2.05, 4.69) is 22.7 Å². The molecule has 0 N–H and O–H groups in total. The van der Waals surface area contributed by atoms with Crippen molar-refractivity contribution in [3.63, 3.8) is 0 Å². The van der Waals surface area contributed by atoms with Crippen LogP contribution in [0.25, 0.3) is 0 Å². The quantitative estimate of drug-likeness (QED) is 0.571. The highest BCUT2D eigenvalue weighted by atomic mass is 15.1. The Balaban J connectivity index is 2.21. The van der Waals surface area contributed by atoms with E-state index in [9.17, 15) is 0 Å². The van der Waals surface area contributed by atoms with Crippen molar-refractivity contribution in [2.24, 2.45) is 5.92 Å². The van der Waals surface area contributed by atoms with Gasteiger partial charge in [0.25, 0.3) is 0 Å². The first kappa shape index (κ1) is 5.96. The van der Waals surface area contributed by atoms with Gasteiger partial charge in [-0.05, 0) is 5.92 Å². The smallest absolute Gasteiger partial charge is 0.108 e. The van der Waals surface area contributed by atoms with Crippen molar-refractivity contribution in [1.29, 1.82) is 0 Å². The largest absolute Gasteiger partial charge is 0.335 e. The summed E-state index contributed by atoms with van der Waals surface area (Å²) < 4.78 is 2.26. The predicted octanol–water partition coefficient (Wildman–Crippen LogP) is 1.47. The summed E-state index contributed by atoms with van der Waals surface area (Å²) in [5.74, 6) is 2.12. The molecule has 0 bridgehead atoms. The van der Waals surface area contributed by atoms with Crippen molar-refractivity contribution in [3.8, 4) is 0 Å². The van der Waals surface area contributed by atoms with Crippen molar-refractivity contribution < 1.29 is 0 Å². The number of aromatic nitrogens is 2. The molecule has 10 heavy (non-hydrogen) atoms. The molecule has 1 aromatic heterocycles. The molecule has 2 heterocycles. The van der Waals surface area contributed by atoms with Crippen LogP contribution < -0.4 is 0 Å². The molecule has 0 radical (unpaired) electrons. The van der Waals surface area contributed by atoms with Gasteiger partial charge < -0.3 is 4.57 Å². The molecule has 2 heteroatoms. The molecule has 1 aliphatic rings. The van der Waals surface area contributed by atoms with E-state index in [1.165, 1.54) is 25.2 Å². The van der Waals surface area contributed by atoms with E-state index in [0.29, 0.717) is 0 Å². The number of nitrogens with zero attached hydrogens (tertiary/aromatic N) is 2. The maximum absolute atomic E-state index is 4.26. The van der Waals surface area contributed by atoms with Crippen molar-refractivity contribution in [1.82, 2.24) is 9.55 Å². The van der Waals surface area contributed by atoms with Crippen molar-refractivity contribution in [2.75, 3.05) is 0 Å². The summed E-state index contributed by atoms with van der Waals surface area (Å²) in [4.78, 5) is 4.26. The minimum absolute atomic E-state index is 0.851. The lowest BCUT2D eigenvalue weighted by atomic mass is 10.1. The van der Waals surface area contributed by atoms with Crippen LogP contribution in [0, 0.1) is 5.92 Å². The zero-order chi connectivity index (χ0) is 6.97. The van der Waals surface area contributed by atoms with Gasteiger partial charge in [0.2, 0.25) is 0 Å². The number of imidazole rings is 1. The fourth-order valence-corrected chi connectivity index (χ4v) is 1.57. The molecular formula is C8H12N2. The summed E-state index contributed by atoms with van der Waals surface area (Å²) in [5, 5.41) is 0. The molecule has 54 valence electrons. The first-order chi connectivity index (χ1) is 4.90. The van der Waals surface area contributed by atoms with Crippen LogP contribution in [-0.4, -0.2) is 9.55 Å². The van der Waals surface area contributed by atoms with Crippen LogP contribution in [0.2, 0.25) is 0 Å². The molecule has 0 spiro atoms. The van der Waals surface area contributed by atoms with E-state index in [0.717, 1.165) is 5.92 Å². The molecule has 0 amide bonds. The van der Waals surface area contributed by atoms with Gasteiger partial charge in [-0.2, -0.15) is 0 Å². The summed E-state index contributed by atoms with van der Waals surface area (Å²) >= 11 is 0. The molecule has 2 nitrogen and oxygen atoms in total. The Labute approximate surface area is 60.9 Å². The van der Waals surface area contributed by atoms with E-state index in [1.54, 1.807) is 0 Å². The van der Waals surface area contributed by atoms with Gasteiger partial charge in [0.15, 0.2) is 0 Å². The second-order valence-electron chi connectivity index (χ2n) is 2.97. The third-order valence-corrected chi connectivity index (χ3v) is 2.31. The van der Waals surface area contributed by atoms with Gasteiger partial charge in [0, 0.05) is 25.4 Å². The Morgan fingerprint density at radius 1 is 1.80 bits per heavy atom. The molecule has 1 unspecified atom stereocenters.